The highest BCUT2D eigenvalue weighted by molar-refractivity contribution is 7.99. The van der Waals surface area contributed by atoms with E-state index in [0.717, 1.165) is 37.2 Å². The molecule has 2 aliphatic rings. The molecule has 1 aliphatic heterocycles. The van der Waals surface area contributed by atoms with Crippen LogP contribution < -0.4 is 10.6 Å². The lowest BCUT2D eigenvalue weighted by Gasteiger charge is -2.18. The second kappa shape index (κ2) is 6.31. The number of hydrogen-bond acceptors (Lipinski definition) is 3. The van der Waals surface area contributed by atoms with Crippen molar-refractivity contribution in [2.75, 3.05) is 18.1 Å². The van der Waals surface area contributed by atoms with Gasteiger partial charge in [-0.25, -0.2) is 4.79 Å². The Kier molecular flexibility index (Phi) is 4.74. The molecule has 0 bridgehead atoms. The highest BCUT2D eigenvalue weighted by Gasteiger charge is 2.32. The first kappa shape index (κ1) is 13.5. The Bertz CT molecular complexity index is 318. The van der Waals surface area contributed by atoms with E-state index in [2.05, 4.69) is 10.6 Å². The Morgan fingerprint density at radius 2 is 2.11 bits per heavy atom. The molecule has 1 aliphatic carbocycles. The van der Waals surface area contributed by atoms with E-state index in [1.165, 1.54) is 0 Å². The predicted molar refractivity (Wildman–Crippen MR) is 70.7 cm³/mol. The summed E-state index contributed by atoms with van der Waals surface area (Å²) in [4.78, 5) is 22.7. The summed E-state index contributed by atoms with van der Waals surface area (Å²) in [5.41, 5.74) is 0. The number of thioether (sulfide) groups is 1. The van der Waals surface area contributed by atoms with E-state index in [1.807, 2.05) is 11.8 Å². The second-order valence-corrected chi connectivity index (χ2v) is 6.20. The van der Waals surface area contributed by atoms with Crippen LogP contribution in [-0.2, 0) is 4.79 Å². The third-order valence-electron chi connectivity index (χ3n) is 3.77. The van der Waals surface area contributed by atoms with Crippen LogP contribution in [0.1, 0.15) is 25.7 Å². The van der Waals surface area contributed by atoms with Crippen molar-refractivity contribution in [1.82, 2.24) is 10.6 Å². The number of carboxylic acid groups (broad SMARTS) is 1. The predicted octanol–water partition coefficient (Wildman–Crippen LogP) is 1.29. The average Bonchev–Trinajstić information content (AvgIpc) is 2.96. The van der Waals surface area contributed by atoms with E-state index in [4.69, 9.17) is 5.11 Å². The van der Waals surface area contributed by atoms with Crippen molar-refractivity contribution in [3.8, 4) is 0 Å². The van der Waals surface area contributed by atoms with Gasteiger partial charge < -0.3 is 15.7 Å². The van der Waals surface area contributed by atoms with E-state index in [0.29, 0.717) is 6.54 Å². The summed E-state index contributed by atoms with van der Waals surface area (Å²) in [5.74, 6) is 1.16. The van der Waals surface area contributed by atoms with Gasteiger partial charge in [0.25, 0.3) is 0 Å². The molecule has 3 N–H and O–H groups in total. The minimum Gasteiger partial charge on any atom is -0.481 e. The zero-order valence-electron chi connectivity index (χ0n) is 10.4. The Balaban J connectivity index is 1.70. The number of carbonyl (C=O) groups excluding carboxylic acids is 1. The largest absolute Gasteiger partial charge is 0.481 e. The number of aliphatic carboxylic acids is 1. The summed E-state index contributed by atoms with van der Waals surface area (Å²) in [6.45, 7) is 0.475. The third-order valence-corrected chi connectivity index (χ3v) is 4.93. The standard InChI is InChI=1S/C12H20N2O3S/c15-11(16)10-3-1-2-8(10)6-13-12(17)14-9-4-5-18-7-9/h8-10H,1-7H2,(H,15,16)(H2,13,14,17). The fraction of sp³-hybridized carbons (Fsp3) is 0.833. The maximum atomic E-state index is 11.7. The molecule has 3 atom stereocenters. The molecule has 0 aromatic carbocycles. The monoisotopic (exact) mass is 272 g/mol. The van der Waals surface area contributed by atoms with Gasteiger partial charge in [0.05, 0.1) is 5.92 Å². The fourth-order valence-electron chi connectivity index (χ4n) is 2.71. The zero-order valence-corrected chi connectivity index (χ0v) is 11.2. The average molecular weight is 272 g/mol. The normalized spacial score (nSPS) is 31.2. The highest BCUT2D eigenvalue weighted by Crippen LogP contribution is 2.31. The maximum absolute atomic E-state index is 11.7. The van der Waals surface area contributed by atoms with Gasteiger partial charge in [0.15, 0.2) is 0 Å². The number of urea groups is 1. The molecule has 0 aromatic heterocycles. The first-order valence-electron chi connectivity index (χ1n) is 6.51. The van der Waals surface area contributed by atoms with Gasteiger partial charge in [-0.2, -0.15) is 11.8 Å². The van der Waals surface area contributed by atoms with Gasteiger partial charge in [0.2, 0.25) is 0 Å². The van der Waals surface area contributed by atoms with Gasteiger partial charge in [-0.15, -0.1) is 0 Å². The van der Waals surface area contributed by atoms with Crippen LogP contribution in [0.3, 0.4) is 0 Å². The quantitative estimate of drug-likeness (QED) is 0.720. The summed E-state index contributed by atoms with van der Waals surface area (Å²) in [5, 5.41) is 14.8. The lowest BCUT2D eigenvalue weighted by Crippen LogP contribution is -2.44. The summed E-state index contributed by atoms with van der Waals surface area (Å²) in [6, 6.07) is 0.118. The molecule has 1 heterocycles. The summed E-state index contributed by atoms with van der Waals surface area (Å²) >= 11 is 1.85. The number of carbonyl (C=O) groups is 2. The summed E-state index contributed by atoms with van der Waals surface area (Å²) in [6.07, 6.45) is 3.61. The van der Waals surface area contributed by atoms with Gasteiger partial charge >= 0.3 is 12.0 Å². The fourth-order valence-corrected chi connectivity index (χ4v) is 3.87. The van der Waals surface area contributed by atoms with Gasteiger partial charge in [0, 0.05) is 18.3 Å². The number of nitrogens with one attached hydrogen (secondary N) is 2. The third kappa shape index (κ3) is 3.54. The van der Waals surface area contributed by atoms with Crippen molar-refractivity contribution in [2.24, 2.45) is 11.8 Å². The van der Waals surface area contributed by atoms with Crippen molar-refractivity contribution >= 4 is 23.8 Å². The lowest BCUT2D eigenvalue weighted by atomic mass is 9.96. The molecule has 1 saturated carbocycles. The van der Waals surface area contributed by atoms with E-state index < -0.39 is 5.97 Å². The second-order valence-electron chi connectivity index (χ2n) is 5.05. The topological polar surface area (TPSA) is 78.4 Å². The molecule has 6 heteroatoms. The van der Waals surface area contributed by atoms with E-state index in [1.54, 1.807) is 0 Å². The summed E-state index contributed by atoms with van der Waals surface area (Å²) in [7, 11) is 0. The van der Waals surface area contributed by atoms with Crippen LogP contribution in [0.4, 0.5) is 4.79 Å². The van der Waals surface area contributed by atoms with Crippen molar-refractivity contribution < 1.29 is 14.7 Å². The molecule has 0 aromatic rings. The molecule has 102 valence electrons. The molecule has 5 nitrogen and oxygen atoms in total. The van der Waals surface area contributed by atoms with Gasteiger partial charge in [-0.05, 0) is 30.9 Å². The Morgan fingerprint density at radius 1 is 1.28 bits per heavy atom. The van der Waals surface area contributed by atoms with Crippen LogP contribution >= 0.6 is 11.8 Å². The molecule has 2 rings (SSSR count). The molecule has 2 amide bonds. The minimum atomic E-state index is -0.730. The molecule has 0 spiro atoms. The van der Waals surface area contributed by atoms with Crippen molar-refractivity contribution in [1.29, 1.82) is 0 Å². The van der Waals surface area contributed by atoms with Gasteiger partial charge in [-0.3, -0.25) is 4.79 Å². The van der Waals surface area contributed by atoms with E-state index >= 15 is 0 Å². The first-order valence-corrected chi connectivity index (χ1v) is 7.67. The van der Waals surface area contributed by atoms with Crippen LogP contribution in [0.2, 0.25) is 0 Å². The molecule has 18 heavy (non-hydrogen) atoms. The smallest absolute Gasteiger partial charge is 0.315 e. The van der Waals surface area contributed by atoms with Gasteiger partial charge in [-0.1, -0.05) is 6.42 Å². The van der Waals surface area contributed by atoms with E-state index in [9.17, 15) is 9.59 Å². The SMILES string of the molecule is O=C(NCC1CCCC1C(=O)O)NC1CCSC1. The van der Waals surface area contributed by atoms with Crippen LogP contribution in [0.15, 0.2) is 0 Å². The lowest BCUT2D eigenvalue weighted by molar-refractivity contribution is -0.142. The van der Waals surface area contributed by atoms with Gasteiger partial charge in [0.1, 0.15) is 0 Å². The molecular weight excluding hydrogens is 252 g/mol. The maximum Gasteiger partial charge on any atom is 0.315 e. The number of rotatable bonds is 4. The van der Waals surface area contributed by atoms with Crippen molar-refractivity contribution in [2.45, 2.75) is 31.7 Å². The molecule has 1 saturated heterocycles. The minimum absolute atomic E-state index is 0.0891. The van der Waals surface area contributed by atoms with Crippen LogP contribution in [-0.4, -0.2) is 41.2 Å². The van der Waals surface area contributed by atoms with Crippen molar-refractivity contribution in [3.63, 3.8) is 0 Å². The highest BCUT2D eigenvalue weighted by atomic mass is 32.2. The van der Waals surface area contributed by atoms with E-state index in [-0.39, 0.29) is 23.9 Å². The Labute approximate surface area is 111 Å². The van der Waals surface area contributed by atoms with Crippen molar-refractivity contribution in [3.05, 3.63) is 0 Å². The van der Waals surface area contributed by atoms with Crippen LogP contribution in [0, 0.1) is 11.8 Å². The number of amides is 2. The molecular formula is C12H20N2O3S. The molecule has 0 radical (unpaired) electrons. The van der Waals surface area contributed by atoms with Crippen LogP contribution in [0.25, 0.3) is 0 Å². The van der Waals surface area contributed by atoms with Crippen LogP contribution in [0.5, 0.6) is 0 Å². The Morgan fingerprint density at radius 3 is 2.78 bits per heavy atom. The number of carboxylic acids is 1. The Hall–Kier alpha value is -0.910. The summed E-state index contributed by atoms with van der Waals surface area (Å²) < 4.78 is 0. The molecule has 2 fully saturated rings. The first-order chi connectivity index (χ1) is 8.66. The molecule has 3 unspecified atom stereocenters. The zero-order chi connectivity index (χ0) is 13.0. The number of hydrogen-bond donors (Lipinski definition) is 3.